The molecule has 0 saturated carbocycles. The zero-order valence-electron chi connectivity index (χ0n) is 6.47. The van der Waals surface area contributed by atoms with Crippen LogP contribution >= 0.6 is 0 Å². The number of hydrogen-bond donors (Lipinski definition) is 2. The predicted molar refractivity (Wildman–Crippen MR) is 45.5 cm³/mol. The SMILES string of the molecule is CC(=O)CCC[S+]=C(N)N.[Cl-]. The summed E-state index contributed by atoms with van der Waals surface area (Å²) in [5, 5.41) is 0.378. The van der Waals surface area contributed by atoms with Crippen LogP contribution in [0.3, 0.4) is 0 Å². The lowest BCUT2D eigenvalue weighted by atomic mass is 10.3. The molecule has 0 spiro atoms. The molecule has 0 aliphatic heterocycles. The third-order valence-electron chi connectivity index (χ3n) is 0.942. The molecule has 0 aromatic heterocycles. The van der Waals surface area contributed by atoms with Crippen molar-refractivity contribution < 1.29 is 17.2 Å². The van der Waals surface area contributed by atoms with E-state index in [4.69, 9.17) is 11.5 Å². The van der Waals surface area contributed by atoms with Crippen LogP contribution in [0.4, 0.5) is 0 Å². The Balaban J connectivity index is 0. The summed E-state index contributed by atoms with van der Waals surface area (Å²) >= 11 is 1.39. The maximum atomic E-state index is 10.4. The van der Waals surface area contributed by atoms with Crippen LogP contribution in [-0.2, 0) is 16.1 Å². The van der Waals surface area contributed by atoms with Crippen LogP contribution in [0.15, 0.2) is 0 Å². The van der Waals surface area contributed by atoms with Gasteiger partial charge in [-0.3, -0.25) is 0 Å². The Morgan fingerprint density at radius 3 is 2.36 bits per heavy atom. The number of hydrogen-bond acceptors (Lipinski definition) is 1. The van der Waals surface area contributed by atoms with Gasteiger partial charge in [0, 0.05) is 12.8 Å². The molecule has 0 radical (unpaired) electrons. The summed E-state index contributed by atoms with van der Waals surface area (Å²) in [7, 11) is 0. The predicted octanol–water partition coefficient (Wildman–Crippen LogP) is -3.55. The number of nitrogens with two attached hydrogens (primary N) is 2. The average molecular weight is 197 g/mol. The van der Waals surface area contributed by atoms with Crippen molar-refractivity contribution in [1.82, 2.24) is 0 Å². The fraction of sp³-hybridized carbons (Fsp3) is 0.667. The van der Waals surface area contributed by atoms with Gasteiger partial charge in [-0.2, -0.15) is 0 Å². The third-order valence-corrected chi connectivity index (χ3v) is 1.77. The van der Waals surface area contributed by atoms with E-state index in [9.17, 15) is 4.79 Å². The molecule has 0 heterocycles. The summed E-state index contributed by atoms with van der Waals surface area (Å²) in [6.45, 7) is 1.58. The van der Waals surface area contributed by atoms with Crippen LogP contribution in [-0.4, -0.2) is 16.6 Å². The first-order chi connectivity index (χ1) is 4.63. The number of rotatable bonds is 4. The summed E-state index contributed by atoms with van der Waals surface area (Å²) in [5.74, 6) is 1.05. The number of carbonyl (C=O) groups excluding carboxylic acids is 1. The molecule has 0 rings (SSSR count). The van der Waals surface area contributed by atoms with Gasteiger partial charge in [0.05, 0.1) is 0 Å². The maximum absolute atomic E-state index is 10.4. The molecule has 0 fully saturated rings. The van der Waals surface area contributed by atoms with Gasteiger partial charge in [-0.1, -0.05) is 0 Å². The molecular formula is C6H13ClN2OS. The van der Waals surface area contributed by atoms with Gasteiger partial charge in [-0.05, 0) is 6.92 Å². The van der Waals surface area contributed by atoms with Crippen molar-refractivity contribution in [3.8, 4) is 0 Å². The number of ketones is 1. The summed E-state index contributed by atoms with van der Waals surface area (Å²) in [5.41, 5.74) is 10.4. The van der Waals surface area contributed by atoms with Crippen molar-refractivity contribution in [3.63, 3.8) is 0 Å². The zero-order chi connectivity index (χ0) is 7.98. The monoisotopic (exact) mass is 196 g/mol. The quantitative estimate of drug-likeness (QED) is 0.278. The molecule has 66 valence electrons. The molecule has 0 bridgehead atoms. The summed E-state index contributed by atoms with van der Waals surface area (Å²) in [6, 6.07) is 0. The molecule has 0 aromatic carbocycles. The third kappa shape index (κ3) is 13.0. The van der Waals surface area contributed by atoms with Crippen molar-refractivity contribution in [2.45, 2.75) is 19.8 Å². The Morgan fingerprint density at radius 2 is 2.00 bits per heavy atom. The Labute approximate surface area is 76.9 Å². The lowest BCUT2D eigenvalue weighted by Gasteiger charge is -1.83. The van der Waals surface area contributed by atoms with Gasteiger partial charge >= 0.3 is 5.11 Å². The highest BCUT2D eigenvalue weighted by molar-refractivity contribution is 7.78. The second-order valence-corrected chi connectivity index (χ2v) is 3.22. The van der Waals surface area contributed by atoms with Crippen molar-refractivity contribution in [2.75, 3.05) is 5.75 Å². The number of carbonyl (C=O) groups is 1. The van der Waals surface area contributed by atoms with E-state index in [0.717, 1.165) is 12.2 Å². The van der Waals surface area contributed by atoms with E-state index in [1.54, 1.807) is 6.92 Å². The van der Waals surface area contributed by atoms with E-state index in [1.807, 2.05) is 0 Å². The largest absolute Gasteiger partial charge is 1.00 e. The van der Waals surface area contributed by atoms with E-state index in [1.165, 1.54) is 11.4 Å². The van der Waals surface area contributed by atoms with Crippen LogP contribution < -0.4 is 23.9 Å². The standard InChI is InChI=1S/C6H13N2OS.ClH/c1-5(9)3-2-4-10-6(7)8;/h2-4,7-8H2,1H3;1H/q+1;/p-1. The molecule has 0 atom stereocenters. The van der Waals surface area contributed by atoms with Crippen LogP contribution in [0, 0.1) is 0 Å². The van der Waals surface area contributed by atoms with Gasteiger partial charge < -0.3 is 17.2 Å². The van der Waals surface area contributed by atoms with Crippen LogP contribution in [0.25, 0.3) is 0 Å². The smallest absolute Gasteiger partial charge is 0.314 e. The van der Waals surface area contributed by atoms with E-state index >= 15 is 0 Å². The van der Waals surface area contributed by atoms with Crippen LogP contribution in [0.1, 0.15) is 19.8 Å². The van der Waals surface area contributed by atoms with Crippen LogP contribution in [0.2, 0.25) is 0 Å². The molecule has 0 aliphatic carbocycles. The topological polar surface area (TPSA) is 69.1 Å². The normalized spacial score (nSPS) is 8.27. The Kier molecular flexibility index (Phi) is 9.94. The molecule has 0 unspecified atom stereocenters. The van der Waals surface area contributed by atoms with Gasteiger partial charge in [-0.15, -0.1) is 0 Å². The van der Waals surface area contributed by atoms with Crippen molar-refractivity contribution in [3.05, 3.63) is 0 Å². The molecule has 0 aromatic rings. The fourth-order valence-corrected chi connectivity index (χ4v) is 1.04. The Hall–Kier alpha value is -0.0300. The minimum atomic E-state index is 0. The molecule has 11 heavy (non-hydrogen) atoms. The van der Waals surface area contributed by atoms with Gasteiger partial charge in [0.25, 0.3) is 0 Å². The maximum Gasteiger partial charge on any atom is 0.314 e. The summed E-state index contributed by atoms with van der Waals surface area (Å²) in [4.78, 5) is 10.4. The van der Waals surface area contributed by atoms with E-state index < -0.39 is 0 Å². The van der Waals surface area contributed by atoms with Gasteiger partial charge in [0.1, 0.15) is 5.78 Å². The van der Waals surface area contributed by atoms with Gasteiger partial charge in [0.15, 0.2) is 5.75 Å². The van der Waals surface area contributed by atoms with Gasteiger partial charge in [0.2, 0.25) is 11.4 Å². The van der Waals surface area contributed by atoms with Gasteiger partial charge in [-0.25, -0.2) is 11.5 Å². The molecule has 0 aliphatic rings. The Bertz CT molecular complexity index is 146. The van der Waals surface area contributed by atoms with Crippen molar-refractivity contribution in [1.29, 1.82) is 0 Å². The minimum Gasteiger partial charge on any atom is -1.00 e. The Morgan fingerprint density at radius 1 is 1.45 bits per heavy atom. The molecule has 0 saturated heterocycles. The fourth-order valence-electron chi connectivity index (χ4n) is 0.511. The second-order valence-electron chi connectivity index (χ2n) is 2.06. The van der Waals surface area contributed by atoms with Crippen molar-refractivity contribution >= 4 is 22.2 Å². The number of halogens is 1. The highest BCUT2D eigenvalue weighted by Crippen LogP contribution is 1.88. The van der Waals surface area contributed by atoms with E-state index in [-0.39, 0.29) is 18.2 Å². The zero-order valence-corrected chi connectivity index (χ0v) is 8.04. The number of Topliss-reactive ketones (excluding diaryl/α,β-unsaturated/α-hetero) is 1. The first-order valence-corrected chi connectivity index (χ1v) is 4.11. The highest BCUT2D eigenvalue weighted by Gasteiger charge is 1.99. The van der Waals surface area contributed by atoms with Crippen molar-refractivity contribution in [2.24, 2.45) is 11.5 Å². The molecule has 5 heteroatoms. The average Bonchev–Trinajstić information content (AvgIpc) is 1.79. The second kappa shape index (κ2) is 8.07. The molecular weight excluding hydrogens is 184 g/mol. The molecule has 0 amide bonds. The molecule has 3 nitrogen and oxygen atoms in total. The molecule has 4 N–H and O–H groups in total. The first-order valence-electron chi connectivity index (χ1n) is 3.13. The highest BCUT2D eigenvalue weighted by atomic mass is 35.5. The van der Waals surface area contributed by atoms with E-state index in [2.05, 4.69) is 0 Å². The minimum absolute atomic E-state index is 0. The lowest BCUT2D eigenvalue weighted by molar-refractivity contribution is -0.117. The first kappa shape index (κ1) is 13.6. The van der Waals surface area contributed by atoms with Crippen LogP contribution in [0.5, 0.6) is 0 Å². The summed E-state index contributed by atoms with van der Waals surface area (Å²) in [6.07, 6.45) is 1.48. The van der Waals surface area contributed by atoms with E-state index in [0.29, 0.717) is 11.5 Å². The lowest BCUT2D eigenvalue weighted by Crippen LogP contribution is -3.00. The summed E-state index contributed by atoms with van der Waals surface area (Å²) < 4.78 is 0.